The van der Waals surface area contributed by atoms with Crippen LogP contribution < -0.4 is 0 Å². The van der Waals surface area contributed by atoms with Crippen LogP contribution in [0.3, 0.4) is 0 Å². The summed E-state index contributed by atoms with van der Waals surface area (Å²) in [6, 6.07) is 5.96. The van der Waals surface area contributed by atoms with E-state index in [1.165, 1.54) is 6.92 Å². The van der Waals surface area contributed by atoms with Gasteiger partial charge in [-0.15, -0.1) is 0 Å². The fourth-order valence-electron chi connectivity index (χ4n) is 3.13. The molecule has 1 aliphatic carbocycles. The van der Waals surface area contributed by atoms with Gasteiger partial charge in [0.25, 0.3) is 0 Å². The molecule has 0 aromatic carbocycles. The number of hydrogen-bond donors (Lipinski definition) is 0. The van der Waals surface area contributed by atoms with E-state index < -0.39 is 0 Å². The lowest BCUT2D eigenvalue weighted by Crippen LogP contribution is -2.43. The molecule has 126 valence electrons. The normalized spacial score (nSPS) is 21.6. The maximum Gasteiger partial charge on any atom is 0.148 e. The molecule has 4 rings (SSSR count). The first-order valence-corrected chi connectivity index (χ1v) is 8.14. The first-order valence-electron chi connectivity index (χ1n) is 7.76. The van der Waals surface area contributed by atoms with E-state index in [1.54, 1.807) is 29.2 Å². The van der Waals surface area contributed by atoms with Crippen LogP contribution in [0.15, 0.2) is 30.9 Å². The van der Waals surface area contributed by atoms with Crippen LogP contribution in [-0.4, -0.2) is 24.4 Å². The lowest BCUT2D eigenvalue weighted by atomic mass is 9.70. The quantitative estimate of drug-likeness (QED) is 0.703. The molecule has 3 heterocycles. The highest BCUT2D eigenvalue weighted by atomic mass is 35.5. The monoisotopic (exact) mass is 353 g/mol. The van der Waals surface area contributed by atoms with Gasteiger partial charge >= 0.3 is 0 Å². The Balaban J connectivity index is 0.000000569. The van der Waals surface area contributed by atoms with Gasteiger partial charge in [-0.3, -0.25) is 4.68 Å². The molecule has 0 aliphatic heterocycles. The van der Waals surface area contributed by atoms with E-state index in [1.807, 2.05) is 16.9 Å². The van der Waals surface area contributed by atoms with E-state index in [0.717, 1.165) is 29.6 Å². The van der Waals surface area contributed by atoms with Gasteiger partial charge in [-0.2, -0.15) is 20.7 Å². The van der Waals surface area contributed by atoms with Crippen molar-refractivity contribution < 1.29 is 0 Å². The second-order valence-electron chi connectivity index (χ2n) is 6.20. The molecule has 0 atom stereocenters. The Morgan fingerprint density at radius 2 is 2.00 bits per heavy atom. The summed E-state index contributed by atoms with van der Waals surface area (Å²) in [5.41, 5.74) is 2.46. The van der Waals surface area contributed by atoms with Crippen molar-refractivity contribution in [2.45, 2.75) is 32.2 Å². The average molecular weight is 354 g/mol. The number of halogens is 1. The summed E-state index contributed by atoms with van der Waals surface area (Å²) < 4.78 is 3.64. The molecular weight excluding hydrogens is 338 g/mol. The Morgan fingerprint density at radius 3 is 2.68 bits per heavy atom. The van der Waals surface area contributed by atoms with Gasteiger partial charge < -0.3 is 0 Å². The van der Waals surface area contributed by atoms with E-state index in [-0.39, 0.29) is 11.5 Å². The van der Waals surface area contributed by atoms with Crippen LogP contribution in [0.1, 0.15) is 26.7 Å². The second-order valence-corrected chi connectivity index (χ2v) is 6.59. The predicted octanol–water partition coefficient (Wildman–Crippen LogP) is 3.42. The van der Waals surface area contributed by atoms with Gasteiger partial charge in [0.1, 0.15) is 10.8 Å². The zero-order chi connectivity index (χ0) is 18.0. The standard InChI is InChI=1S/C15H13ClN6.C2H3N/c1-15(4-10(5-15)6-17)22-8-11(7-19-22)14-12-2-3-18-21(12)9-13(16)20-14;1-2-3/h2-3,7-10H,4-5H2,1H3;1H3. The molecule has 8 heteroatoms. The zero-order valence-corrected chi connectivity index (χ0v) is 14.6. The zero-order valence-electron chi connectivity index (χ0n) is 13.9. The third kappa shape index (κ3) is 3.07. The summed E-state index contributed by atoms with van der Waals surface area (Å²) in [7, 11) is 0. The van der Waals surface area contributed by atoms with Gasteiger partial charge in [0.2, 0.25) is 0 Å². The molecule has 0 spiro atoms. The molecule has 25 heavy (non-hydrogen) atoms. The molecule has 0 N–H and O–H groups in total. The van der Waals surface area contributed by atoms with Gasteiger partial charge in [-0.05, 0) is 25.8 Å². The van der Waals surface area contributed by atoms with E-state index in [2.05, 4.69) is 28.2 Å². The number of nitriles is 2. The van der Waals surface area contributed by atoms with Crippen molar-refractivity contribution in [1.29, 1.82) is 10.5 Å². The number of hydrogen-bond acceptors (Lipinski definition) is 5. The van der Waals surface area contributed by atoms with Gasteiger partial charge in [0.15, 0.2) is 0 Å². The SMILES string of the molecule is CC#N.CC1(n2cc(-c3nc(Cl)cn4nccc34)cn2)CC(C#N)C1. The van der Waals surface area contributed by atoms with E-state index in [9.17, 15) is 0 Å². The molecule has 0 unspecified atom stereocenters. The molecule has 1 aliphatic rings. The van der Waals surface area contributed by atoms with Crippen LogP contribution in [0.4, 0.5) is 0 Å². The van der Waals surface area contributed by atoms with Crippen molar-refractivity contribution in [3.63, 3.8) is 0 Å². The first-order chi connectivity index (χ1) is 12.0. The van der Waals surface area contributed by atoms with E-state index in [4.69, 9.17) is 22.1 Å². The number of fused-ring (bicyclic) bond motifs is 1. The molecule has 7 nitrogen and oxygen atoms in total. The smallest absolute Gasteiger partial charge is 0.148 e. The second kappa shape index (κ2) is 6.54. The lowest BCUT2D eigenvalue weighted by molar-refractivity contribution is 0.105. The molecule has 3 aromatic heterocycles. The van der Waals surface area contributed by atoms with Crippen molar-refractivity contribution in [1.82, 2.24) is 24.4 Å². The highest BCUT2D eigenvalue weighted by molar-refractivity contribution is 6.29. The van der Waals surface area contributed by atoms with Crippen LogP contribution in [-0.2, 0) is 5.54 Å². The van der Waals surface area contributed by atoms with E-state index >= 15 is 0 Å². The average Bonchev–Trinajstić information content (AvgIpc) is 3.20. The van der Waals surface area contributed by atoms with Crippen LogP contribution in [0.2, 0.25) is 5.15 Å². The van der Waals surface area contributed by atoms with Crippen LogP contribution in [0.5, 0.6) is 0 Å². The topological polar surface area (TPSA) is 95.6 Å². The molecule has 3 aromatic rings. The third-order valence-corrected chi connectivity index (χ3v) is 4.51. The van der Waals surface area contributed by atoms with Crippen molar-refractivity contribution in [3.8, 4) is 23.4 Å². The molecular formula is C17H16ClN7. The van der Waals surface area contributed by atoms with Crippen LogP contribution in [0, 0.1) is 28.6 Å². The van der Waals surface area contributed by atoms with Gasteiger partial charge in [-0.1, -0.05) is 11.6 Å². The molecule has 0 saturated heterocycles. The fourth-order valence-corrected chi connectivity index (χ4v) is 3.31. The molecule has 0 amide bonds. The summed E-state index contributed by atoms with van der Waals surface area (Å²) in [6.45, 7) is 3.55. The Hall–Kier alpha value is -2.90. The van der Waals surface area contributed by atoms with Crippen molar-refractivity contribution in [2.24, 2.45) is 5.92 Å². The first kappa shape index (κ1) is 16.9. The van der Waals surface area contributed by atoms with Crippen LogP contribution >= 0.6 is 11.6 Å². The number of aromatic nitrogens is 5. The summed E-state index contributed by atoms with van der Waals surface area (Å²) in [5.74, 6) is 0.128. The minimum Gasteiger partial charge on any atom is -0.266 e. The number of nitrogens with zero attached hydrogens (tertiary/aromatic N) is 7. The van der Waals surface area contributed by atoms with E-state index in [0.29, 0.717) is 5.15 Å². The third-order valence-electron chi connectivity index (χ3n) is 4.32. The number of rotatable bonds is 2. The van der Waals surface area contributed by atoms with Gasteiger partial charge in [0, 0.05) is 18.7 Å². The maximum absolute atomic E-state index is 8.96. The molecule has 1 saturated carbocycles. The summed E-state index contributed by atoms with van der Waals surface area (Å²) in [5, 5.41) is 25.3. The molecule has 0 radical (unpaired) electrons. The van der Waals surface area contributed by atoms with Crippen molar-refractivity contribution in [2.75, 3.05) is 0 Å². The Bertz CT molecular complexity index is 982. The predicted molar refractivity (Wildman–Crippen MR) is 92.5 cm³/mol. The minimum atomic E-state index is -0.0895. The largest absolute Gasteiger partial charge is 0.266 e. The van der Waals surface area contributed by atoms with Crippen molar-refractivity contribution >= 4 is 17.1 Å². The van der Waals surface area contributed by atoms with Gasteiger partial charge in [-0.25, -0.2) is 9.50 Å². The van der Waals surface area contributed by atoms with Crippen molar-refractivity contribution in [3.05, 3.63) is 36.0 Å². The highest BCUT2D eigenvalue weighted by Crippen LogP contribution is 2.43. The summed E-state index contributed by atoms with van der Waals surface area (Å²) in [4.78, 5) is 4.41. The minimum absolute atomic E-state index is 0.0895. The Labute approximate surface area is 150 Å². The Morgan fingerprint density at radius 1 is 1.28 bits per heavy atom. The fraction of sp³-hybridized carbons (Fsp3) is 0.353. The molecule has 0 bridgehead atoms. The lowest BCUT2D eigenvalue weighted by Gasteiger charge is -2.42. The summed E-state index contributed by atoms with van der Waals surface area (Å²) >= 11 is 6.07. The Kier molecular flexibility index (Phi) is 4.43. The maximum atomic E-state index is 8.96. The summed E-state index contributed by atoms with van der Waals surface area (Å²) in [6.07, 6.45) is 8.81. The van der Waals surface area contributed by atoms with Crippen LogP contribution in [0.25, 0.3) is 16.8 Å². The molecule has 1 fully saturated rings. The highest BCUT2D eigenvalue weighted by Gasteiger charge is 2.42. The van der Waals surface area contributed by atoms with Gasteiger partial charge in [0.05, 0.1) is 47.7 Å².